The van der Waals surface area contributed by atoms with Gasteiger partial charge in [-0.3, -0.25) is 4.79 Å². The number of carbonyl (C=O) groups is 1. The molecule has 4 aromatic rings. The minimum Gasteiger partial charge on any atom is -0.497 e. The molecule has 1 aliphatic carbocycles. The van der Waals surface area contributed by atoms with Crippen molar-refractivity contribution in [3.8, 4) is 5.75 Å². The van der Waals surface area contributed by atoms with Gasteiger partial charge in [-0.25, -0.2) is 4.98 Å². The first-order chi connectivity index (χ1) is 18.2. The van der Waals surface area contributed by atoms with Crippen molar-refractivity contribution in [2.45, 2.75) is 18.8 Å². The lowest BCUT2D eigenvalue weighted by Gasteiger charge is -2.37. The Hall–Kier alpha value is -3.91. The highest BCUT2D eigenvalue weighted by atomic mass is 32.1. The van der Waals surface area contributed by atoms with E-state index in [1.165, 1.54) is 4.88 Å². The predicted octanol–water partition coefficient (Wildman–Crippen LogP) is 5.53. The second-order valence-electron chi connectivity index (χ2n) is 9.40. The lowest BCUT2D eigenvalue weighted by molar-refractivity contribution is 0.0964. The summed E-state index contributed by atoms with van der Waals surface area (Å²) in [5.41, 5.74) is 3.54. The van der Waals surface area contributed by atoms with Crippen LogP contribution in [0.5, 0.6) is 5.75 Å². The Kier molecular flexibility index (Phi) is 6.49. The van der Waals surface area contributed by atoms with Crippen molar-refractivity contribution in [2.75, 3.05) is 48.4 Å². The van der Waals surface area contributed by atoms with Crippen molar-refractivity contribution in [1.82, 2.24) is 9.97 Å². The third-order valence-corrected chi connectivity index (χ3v) is 8.12. The van der Waals surface area contributed by atoms with Crippen LogP contribution in [-0.4, -0.2) is 49.0 Å². The second kappa shape index (κ2) is 10.2. The third kappa shape index (κ3) is 4.89. The maximum absolute atomic E-state index is 13.4. The van der Waals surface area contributed by atoms with E-state index in [9.17, 15) is 4.79 Å². The number of methoxy groups -OCH3 is 1. The summed E-state index contributed by atoms with van der Waals surface area (Å²) >= 11 is 1.71. The molecule has 3 heterocycles. The Balaban J connectivity index is 1.30. The largest absolute Gasteiger partial charge is 0.497 e. The molecule has 1 atom stereocenters. The molecule has 1 aliphatic heterocycles. The maximum Gasteiger partial charge on any atom is 0.227 e. The fourth-order valence-corrected chi connectivity index (χ4v) is 5.98. The van der Waals surface area contributed by atoms with Gasteiger partial charge in [-0.2, -0.15) is 4.98 Å². The molecular weight excluding hydrogens is 482 g/mol. The van der Waals surface area contributed by atoms with Gasteiger partial charge in [0.05, 0.1) is 18.4 Å². The number of hydrogen-bond donors (Lipinski definition) is 1. The summed E-state index contributed by atoms with van der Waals surface area (Å²) in [7, 11) is 1.69. The number of hydrogen-bond acceptors (Lipinski definition) is 8. The van der Waals surface area contributed by atoms with Crippen LogP contribution >= 0.6 is 11.3 Å². The molecule has 37 heavy (non-hydrogen) atoms. The van der Waals surface area contributed by atoms with Gasteiger partial charge in [0.1, 0.15) is 11.6 Å². The minimum atomic E-state index is 0.104. The Bertz CT molecular complexity index is 1380. The average molecular weight is 512 g/mol. The number of fused-ring (bicyclic) bond motifs is 1. The van der Waals surface area contributed by atoms with E-state index in [0.717, 1.165) is 55.4 Å². The molecule has 0 bridgehead atoms. The SMILES string of the molecule is COc1cccc(N2CCN(c3nc4c(c(Nc5ccccc5)n3)C(=O)CC(c3cccs3)C4)CC2)c1. The molecule has 2 aromatic carbocycles. The Labute approximate surface area is 220 Å². The number of rotatable bonds is 6. The van der Waals surface area contributed by atoms with Gasteiger partial charge in [0.25, 0.3) is 0 Å². The molecule has 188 valence electrons. The van der Waals surface area contributed by atoms with Crippen molar-refractivity contribution < 1.29 is 9.53 Å². The molecule has 1 fully saturated rings. The summed E-state index contributed by atoms with van der Waals surface area (Å²) in [5, 5.41) is 5.49. The number of nitrogens with one attached hydrogen (secondary N) is 1. The summed E-state index contributed by atoms with van der Waals surface area (Å²) in [5.74, 6) is 2.42. The van der Waals surface area contributed by atoms with E-state index < -0.39 is 0 Å². The molecule has 1 N–H and O–H groups in total. The number of para-hydroxylation sites is 1. The van der Waals surface area contributed by atoms with Crippen LogP contribution in [0.4, 0.5) is 23.1 Å². The topological polar surface area (TPSA) is 70.6 Å². The number of thiophene rings is 1. The van der Waals surface area contributed by atoms with Crippen LogP contribution in [0.15, 0.2) is 72.1 Å². The Morgan fingerprint density at radius 2 is 1.73 bits per heavy atom. The van der Waals surface area contributed by atoms with Gasteiger partial charge < -0.3 is 19.9 Å². The second-order valence-corrected chi connectivity index (χ2v) is 10.4. The molecule has 6 rings (SSSR count). The zero-order chi connectivity index (χ0) is 25.2. The lowest BCUT2D eigenvalue weighted by Crippen LogP contribution is -2.47. The van der Waals surface area contributed by atoms with E-state index in [0.29, 0.717) is 23.8 Å². The van der Waals surface area contributed by atoms with Gasteiger partial charge in [-0.15, -0.1) is 11.3 Å². The minimum absolute atomic E-state index is 0.104. The molecule has 0 saturated carbocycles. The molecule has 0 spiro atoms. The fraction of sp³-hybridized carbons (Fsp3) is 0.276. The number of ether oxygens (including phenoxy) is 1. The summed E-state index contributed by atoms with van der Waals surface area (Å²) in [4.78, 5) is 29.1. The van der Waals surface area contributed by atoms with Crippen LogP contribution in [0, 0.1) is 0 Å². The summed E-state index contributed by atoms with van der Waals surface area (Å²) < 4.78 is 5.40. The molecule has 1 saturated heterocycles. The lowest BCUT2D eigenvalue weighted by atomic mass is 9.85. The van der Waals surface area contributed by atoms with Crippen molar-refractivity contribution in [2.24, 2.45) is 0 Å². The van der Waals surface area contributed by atoms with Crippen LogP contribution in [0.1, 0.15) is 33.3 Å². The highest BCUT2D eigenvalue weighted by molar-refractivity contribution is 7.10. The van der Waals surface area contributed by atoms with Crippen LogP contribution in [-0.2, 0) is 6.42 Å². The predicted molar refractivity (Wildman–Crippen MR) is 149 cm³/mol. The smallest absolute Gasteiger partial charge is 0.227 e. The van der Waals surface area contributed by atoms with Gasteiger partial charge in [-0.1, -0.05) is 30.3 Å². The van der Waals surface area contributed by atoms with Crippen LogP contribution < -0.4 is 19.9 Å². The Morgan fingerprint density at radius 1 is 0.919 bits per heavy atom. The molecule has 7 nitrogen and oxygen atoms in total. The molecule has 0 radical (unpaired) electrons. The van der Waals surface area contributed by atoms with Crippen LogP contribution in [0.25, 0.3) is 0 Å². The number of aromatic nitrogens is 2. The monoisotopic (exact) mass is 511 g/mol. The average Bonchev–Trinajstić information content (AvgIpc) is 3.49. The van der Waals surface area contributed by atoms with E-state index in [1.807, 2.05) is 42.5 Å². The summed E-state index contributed by atoms with van der Waals surface area (Å²) in [6.07, 6.45) is 1.23. The molecule has 8 heteroatoms. The van der Waals surface area contributed by atoms with Crippen LogP contribution in [0.3, 0.4) is 0 Å². The molecular formula is C29H29N5O2S. The first-order valence-corrected chi connectivity index (χ1v) is 13.5. The molecule has 2 aromatic heterocycles. The van der Waals surface area contributed by atoms with Gasteiger partial charge in [0.15, 0.2) is 5.78 Å². The number of nitrogens with zero attached hydrogens (tertiary/aromatic N) is 4. The first-order valence-electron chi connectivity index (χ1n) is 12.6. The van der Waals surface area contributed by atoms with E-state index in [1.54, 1.807) is 18.4 Å². The van der Waals surface area contributed by atoms with E-state index in [-0.39, 0.29) is 11.7 Å². The zero-order valence-corrected chi connectivity index (χ0v) is 21.6. The number of ketones is 1. The van der Waals surface area contributed by atoms with Crippen molar-refractivity contribution in [3.63, 3.8) is 0 Å². The molecule has 1 unspecified atom stereocenters. The standard InChI is InChI=1S/C29H29N5O2S/c1-36-23-10-5-9-22(19-23)33-12-14-34(15-13-33)29-31-24-17-20(26-11-6-16-37-26)18-25(35)27(24)28(32-29)30-21-7-3-2-4-8-21/h2-11,16,19-20H,12-15,17-18H2,1H3,(H,30,31,32). The maximum atomic E-state index is 13.4. The number of Topliss-reactive ketones (excluding diaryl/α,β-unsaturated/α-hetero) is 1. The Morgan fingerprint density at radius 3 is 2.49 bits per heavy atom. The van der Waals surface area contributed by atoms with Gasteiger partial charge >= 0.3 is 0 Å². The zero-order valence-electron chi connectivity index (χ0n) is 20.8. The van der Waals surface area contributed by atoms with Gasteiger partial charge in [0.2, 0.25) is 5.95 Å². The number of carbonyl (C=O) groups excluding carboxylic acids is 1. The number of anilines is 4. The number of benzene rings is 2. The van der Waals surface area contributed by atoms with Gasteiger partial charge in [-0.05, 0) is 42.1 Å². The quantitative estimate of drug-likeness (QED) is 0.365. The molecule has 2 aliphatic rings. The van der Waals surface area contributed by atoms with Crippen molar-refractivity contribution in [3.05, 3.63) is 88.2 Å². The highest BCUT2D eigenvalue weighted by Gasteiger charge is 2.33. The summed E-state index contributed by atoms with van der Waals surface area (Å²) in [6.45, 7) is 3.30. The normalized spacial score (nSPS) is 17.4. The van der Waals surface area contributed by atoms with Gasteiger partial charge in [0, 0.05) is 60.8 Å². The van der Waals surface area contributed by atoms with E-state index in [4.69, 9.17) is 14.7 Å². The first kappa shape index (κ1) is 23.5. The van der Waals surface area contributed by atoms with Crippen molar-refractivity contribution >= 4 is 40.3 Å². The van der Waals surface area contributed by atoms with E-state index >= 15 is 0 Å². The summed E-state index contributed by atoms with van der Waals surface area (Å²) in [6, 6.07) is 22.3. The molecule has 0 amide bonds. The fourth-order valence-electron chi connectivity index (χ4n) is 5.15. The van der Waals surface area contributed by atoms with Crippen molar-refractivity contribution in [1.29, 1.82) is 0 Å². The van der Waals surface area contributed by atoms with Crippen LogP contribution in [0.2, 0.25) is 0 Å². The highest BCUT2D eigenvalue weighted by Crippen LogP contribution is 2.38. The number of piperazine rings is 1. The van der Waals surface area contributed by atoms with E-state index in [2.05, 4.69) is 44.8 Å². The third-order valence-electron chi connectivity index (χ3n) is 7.09.